The molecule has 37 heavy (non-hydrogen) atoms. The maximum Gasteiger partial charge on any atom is 0.186 e. The van der Waals surface area contributed by atoms with Crippen molar-refractivity contribution in [3.63, 3.8) is 0 Å². The summed E-state index contributed by atoms with van der Waals surface area (Å²) in [6.45, 7) is 19.9. The second-order valence-corrected chi connectivity index (χ2v) is 15.3. The van der Waals surface area contributed by atoms with Crippen LogP contribution in [0.5, 0.6) is 11.5 Å². The lowest BCUT2D eigenvalue weighted by Crippen LogP contribution is -2.62. The van der Waals surface area contributed by atoms with Crippen LogP contribution in [0.25, 0.3) is 0 Å². The number of carbonyl (C=O) groups excluding carboxylic acids is 1. The molecule has 4 aliphatic rings. The zero-order valence-corrected chi connectivity index (χ0v) is 24.6. The van der Waals surface area contributed by atoms with Crippen LogP contribution >= 0.6 is 11.8 Å². The van der Waals surface area contributed by atoms with Gasteiger partial charge in [0.2, 0.25) is 0 Å². The van der Waals surface area contributed by atoms with Gasteiger partial charge in [0.25, 0.3) is 0 Å². The average Bonchev–Trinajstić information content (AvgIpc) is 2.81. The van der Waals surface area contributed by atoms with E-state index in [1.54, 1.807) is 13.0 Å². The first-order chi connectivity index (χ1) is 17.0. The van der Waals surface area contributed by atoms with Gasteiger partial charge in [0, 0.05) is 23.5 Å². The number of phenolic OH excluding ortho intramolecular Hbond substituents is 2. The molecular weight excluding hydrogens is 478 g/mol. The summed E-state index contributed by atoms with van der Waals surface area (Å²) < 4.78 is 0. The van der Waals surface area contributed by atoms with Crippen molar-refractivity contribution in [2.24, 2.45) is 33.3 Å². The molecule has 0 bridgehead atoms. The third-order valence-electron chi connectivity index (χ3n) is 12.1. The van der Waals surface area contributed by atoms with E-state index in [0.717, 1.165) is 48.9 Å². The molecule has 0 aliphatic heterocycles. The van der Waals surface area contributed by atoms with Gasteiger partial charge < -0.3 is 15.9 Å². The summed E-state index contributed by atoms with van der Waals surface area (Å²) in [5.74, 6) is 0.389. The second kappa shape index (κ2) is 8.07. The van der Waals surface area contributed by atoms with Gasteiger partial charge in [0.05, 0.1) is 5.25 Å². The normalized spacial score (nSPS) is 42.5. The molecule has 3 fully saturated rings. The largest absolute Gasteiger partial charge is 0.504 e. The smallest absolute Gasteiger partial charge is 0.186 e. The molecule has 4 aliphatic carbocycles. The molecule has 0 radical (unpaired) electrons. The van der Waals surface area contributed by atoms with Crippen LogP contribution in [0.3, 0.4) is 0 Å². The third-order valence-corrected chi connectivity index (χ3v) is 13.1. The van der Waals surface area contributed by atoms with E-state index >= 15 is 0 Å². The van der Waals surface area contributed by atoms with E-state index < -0.39 is 0 Å². The fourth-order valence-corrected chi connectivity index (χ4v) is 10.2. The molecular formula is C32H45NO3S. The fraction of sp³-hybridized carbons (Fsp3) is 0.656. The summed E-state index contributed by atoms with van der Waals surface area (Å²) in [7, 11) is 0. The van der Waals surface area contributed by atoms with Gasteiger partial charge in [0.1, 0.15) is 0 Å². The SMILES string of the molecule is C=C(N)[C@]1(C)CC[C@]2(C)CC[C@]3(C)C4=CC(SC(C)=O)c5c(cc(O)c(O)c5C)[C@]4(C)CC[C@@]3(C)[C@@H]2C1. The fourth-order valence-electron chi connectivity index (χ4n) is 9.25. The second-order valence-electron chi connectivity index (χ2n) is 14.0. The van der Waals surface area contributed by atoms with Crippen LogP contribution in [0.2, 0.25) is 0 Å². The molecule has 202 valence electrons. The van der Waals surface area contributed by atoms with Crippen LogP contribution in [-0.4, -0.2) is 15.3 Å². The molecule has 5 rings (SSSR count). The first-order valence-corrected chi connectivity index (χ1v) is 14.8. The molecule has 0 heterocycles. The Labute approximate surface area is 227 Å². The van der Waals surface area contributed by atoms with E-state index in [-0.39, 0.29) is 48.9 Å². The minimum Gasteiger partial charge on any atom is -0.504 e. The summed E-state index contributed by atoms with van der Waals surface area (Å²) >= 11 is 1.33. The summed E-state index contributed by atoms with van der Waals surface area (Å²) in [5.41, 5.74) is 11.5. The number of phenols is 2. The Morgan fingerprint density at radius 3 is 2.32 bits per heavy atom. The van der Waals surface area contributed by atoms with Crippen LogP contribution in [0.15, 0.2) is 30.0 Å². The number of rotatable bonds is 2. The van der Waals surface area contributed by atoms with E-state index in [0.29, 0.717) is 11.5 Å². The van der Waals surface area contributed by atoms with E-state index in [4.69, 9.17) is 5.73 Å². The van der Waals surface area contributed by atoms with Gasteiger partial charge in [-0.1, -0.05) is 64.6 Å². The lowest BCUT2D eigenvalue weighted by atomic mass is 9.34. The zero-order chi connectivity index (χ0) is 27.3. The van der Waals surface area contributed by atoms with Crippen LogP contribution < -0.4 is 5.73 Å². The van der Waals surface area contributed by atoms with Gasteiger partial charge in [-0.2, -0.15) is 0 Å². The summed E-state index contributed by atoms with van der Waals surface area (Å²) in [6.07, 6.45) is 10.1. The van der Waals surface area contributed by atoms with E-state index in [2.05, 4.69) is 47.3 Å². The minimum atomic E-state index is -0.253. The number of allylic oxidation sites excluding steroid dienone is 2. The Balaban J connectivity index is 1.70. The number of carbonyl (C=O) groups is 1. The predicted octanol–water partition coefficient (Wildman–Crippen LogP) is 7.81. The van der Waals surface area contributed by atoms with E-state index in [1.165, 1.54) is 30.2 Å². The molecule has 1 unspecified atom stereocenters. The Morgan fingerprint density at radius 2 is 1.70 bits per heavy atom. The van der Waals surface area contributed by atoms with Crippen molar-refractivity contribution in [2.45, 2.75) is 104 Å². The van der Waals surface area contributed by atoms with Gasteiger partial charge >= 0.3 is 0 Å². The van der Waals surface area contributed by atoms with Crippen molar-refractivity contribution in [1.29, 1.82) is 0 Å². The maximum atomic E-state index is 12.4. The van der Waals surface area contributed by atoms with Gasteiger partial charge in [-0.15, -0.1) is 0 Å². The van der Waals surface area contributed by atoms with Crippen molar-refractivity contribution < 1.29 is 15.0 Å². The van der Waals surface area contributed by atoms with Crippen molar-refractivity contribution in [1.82, 2.24) is 0 Å². The molecule has 0 spiro atoms. The Kier molecular flexibility index (Phi) is 5.82. The Hall–Kier alpha value is -1.88. The number of nitrogens with two attached hydrogens (primary N) is 1. The van der Waals surface area contributed by atoms with Crippen molar-refractivity contribution in [2.75, 3.05) is 0 Å². The van der Waals surface area contributed by atoms with Crippen molar-refractivity contribution in [3.05, 3.63) is 46.7 Å². The highest BCUT2D eigenvalue weighted by Crippen LogP contribution is 2.75. The number of aromatic hydroxyl groups is 2. The molecule has 3 saturated carbocycles. The maximum absolute atomic E-state index is 12.4. The standard InChI is InChI=1S/C32H45NO3S/c1-18-26-21(15-22(35)27(18)36)30(6)12-14-32(8)25-17-29(5,19(2)33)10-9-28(25,4)11-13-31(32,7)24(30)16-23(26)37-20(3)34/h15-16,23,25,35-36H,2,9-14,17,33H2,1,3-8H3/t23?,25-,28-,29-,30+,31-,32+/m1/s1. The third kappa shape index (κ3) is 3.44. The molecule has 0 amide bonds. The molecule has 1 aromatic carbocycles. The molecule has 1 aromatic rings. The summed E-state index contributed by atoms with van der Waals surface area (Å²) in [6, 6.07) is 1.79. The number of benzene rings is 1. The lowest BCUT2D eigenvalue weighted by molar-refractivity contribution is -0.154. The molecule has 0 aromatic heterocycles. The molecule has 5 heteroatoms. The molecule has 7 atom stereocenters. The molecule has 0 saturated heterocycles. The minimum absolute atomic E-state index is 0.0345. The van der Waals surface area contributed by atoms with Crippen LogP contribution in [0.1, 0.15) is 108 Å². The highest BCUT2D eigenvalue weighted by molar-refractivity contribution is 8.13. The topological polar surface area (TPSA) is 83.6 Å². The summed E-state index contributed by atoms with van der Waals surface area (Å²) in [4.78, 5) is 12.4. The highest BCUT2D eigenvalue weighted by Gasteiger charge is 2.67. The van der Waals surface area contributed by atoms with Crippen LogP contribution in [-0.2, 0) is 10.2 Å². The Bertz CT molecular complexity index is 1240. The van der Waals surface area contributed by atoms with Crippen molar-refractivity contribution >= 4 is 16.9 Å². The number of hydrogen-bond acceptors (Lipinski definition) is 5. The first kappa shape index (κ1) is 26.7. The number of hydrogen-bond donors (Lipinski definition) is 3. The average molecular weight is 524 g/mol. The monoisotopic (exact) mass is 523 g/mol. The van der Waals surface area contributed by atoms with Gasteiger partial charge in [-0.3, -0.25) is 4.79 Å². The van der Waals surface area contributed by atoms with Gasteiger partial charge in [-0.05, 0) is 96.8 Å². The van der Waals surface area contributed by atoms with Crippen LogP contribution in [0.4, 0.5) is 0 Å². The zero-order valence-electron chi connectivity index (χ0n) is 23.8. The van der Waals surface area contributed by atoms with E-state index in [1.807, 2.05) is 6.92 Å². The molecule has 4 nitrogen and oxygen atoms in total. The summed E-state index contributed by atoms with van der Waals surface area (Å²) in [5, 5.41) is 21.2. The molecule has 4 N–H and O–H groups in total. The van der Waals surface area contributed by atoms with E-state index in [9.17, 15) is 15.0 Å². The van der Waals surface area contributed by atoms with Crippen LogP contribution in [0, 0.1) is 34.5 Å². The first-order valence-electron chi connectivity index (χ1n) is 13.9. The number of fused-ring (bicyclic) bond motifs is 7. The van der Waals surface area contributed by atoms with Gasteiger partial charge in [0.15, 0.2) is 16.6 Å². The van der Waals surface area contributed by atoms with Crippen molar-refractivity contribution in [3.8, 4) is 11.5 Å². The quantitative estimate of drug-likeness (QED) is 0.272. The highest BCUT2D eigenvalue weighted by atomic mass is 32.2. The lowest BCUT2D eigenvalue weighted by Gasteiger charge is -2.70. The predicted molar refractivity (Wildman–Crippen MR) is 153 cm³/mol. The number of thioether (sulfide) groups is 1. The Morgan fingerprint density at radius 1 is 1.05 bits per heavy atom. The van der Waals surface area contributed by atoms with Gasteiger partial charge in [-0.25, -0.2) is 0 Å².